The minimum atomic E-state index is 0.148. The molecule has 2 aromatic carbocycles. The van der Waals surface area contributed by atoms with Crippen molar-refractivity contribution in [3.8, 4) is 0 Å². The highest BCUT2D eigenvalue weighted by molar-refractivity contribution is 5.78. The Bertz CT molecular complexity index is 656. The summed E-state index contributed by atoms with van der Waals surface area (Å²) in [5.41, 5.74) is 2.51. The molecule has 1 aliphatic rings. The van der Waals surface area contributed by atoms with Gasteiger partial charge in [-0.05, 0) is 36.3 Å². The summed E-state index contributed by atoms with van der Waals surface area (Å²) in [6, 6.07) is 21.0. The second kappa shape index (κ2) is 8.82. The van der Waals surface area contributed by atoms with E-state index in [1.54, 1.807) is 0 Å². The number of nitrogens with zero attached hydrogens (tertiary/aromatic N) is 1. The molecule has 3 rings (SSSR count). The molecule has 2 aromatic rings. The molecule has 0 saturated carbocycles. The van der Waals surface area contributed by atoms with Gasteiger partial charge in [0, 0.05) is 19.1 Å². The topological polar surface area (TPSA) is 32.3 Å². The van der Waals surface area contributed by atoms with Crippen molar-refractivity contribution >= 4 is 5.91 Å². The molecule has 0 aromatic heterocycles. The Morgan fingerprint density at radius 3 is 2.48 bits per heavy atom. The van der Waals surface area contributed by atoms with Crippen LogP contribution in [0.4, 0.5) is 0 Å². The maximum absolute atomic E-state index is 12.6. The van der Waals surface area contributed by atoms with E-state index in [1.807, 2.05) is 17.0 Å². The van der Waals surface area contributed by atoms with Gasteiger partial charge in [-0.1, -0.05) is 67.6 Å². The smallest absolute Gasteiger partial charge is 0.236 e. The predicted molar refractivity (Wildman–Crippen MR) is 102 cm³/mol. The zero-order valence-electron chi connectivity index (χ0n) is 15.0. The maximum atomic E-state index is 12.6. The second-order valence-electron chi connectivity index (χ2n) is 7.12. The number of hydrogen-bond acceptors (Lipinski definition) is 2. The van der Waals surface area contributed by atoms with Gasteiger partial charge in [0.2, 0.25) is 5.91 Å². The van der Waals surface area contributed by atoms with Gasteiger partial charge in [0.25, 0.3) is 0 Å². The van der Waals surface area contributed by atoms with Crippen molar-refractivity contribution in [3.05, 3.63) is 71.8 Å². The molecule has 132 valence electrons. The molecule has 25 heavy (non-hydrogen) atoms. The molecular formula is C22H28N2O. The van der Waals surface area contributed by atoms with Gasteiger partial charge in [0.1, 0.15) is 0 Å². The number of amides is 1. The lowest BCUT2D eigenvalue weighted by Crippen LogP contribution is -2.44. The van der Waals surface area contributed by atoms with E-state index in [4.69, 9.17) is 0 Å². The molecule has 1 aliphatic heterocycles. The van der Waals surface area contributed by atoms with Crippen LogP contribution in [0.5, 0.6) is 0 Å². The molecule has 1 heterocycles. The Hall–Kier alpha value is -2.13. The lowest BCUT2D eigenvalue weighted by molar-refractivity contribution is -0.132. The van der Waals surface area contributed by atoms with E-state index in [1.165, 1.54) is 17.5 Å². The first-order valence-electron chi connectivity index (χ1n) is 9.32. The molecule has 1 N–H and O–H groups in total. The molecule has 0 spiro atoms. The van der Waals surface area contributed by atoms with Crippen LogP contribution < -0.4 is 5.32 Å². The molecule has 2 unspecified atom stereocenters. The Morgan fingerprint density at radius 2 is 1.80 bits per heavy atom. The van der Waals surface area contributed by atoms with Crippen molar-refractivity contribution in [2.24, 2.45) is 5.92 Å². The third kappa shape index (κ3) is 5.17. The number of nitrogens with one attached hydrogen (secondary N) is 1. The highest BCUT2D eigenvalue weighted by Crippen LogP contribution is 2.19. The van der Waals surface area contributed by atoms with Gasteiger partial charge in [-0.15, -0.1) is 0 Å². The van der Waals surface area contributed by atoms with Crippen LogP contribution in [0.1, 0.15) is 36.9 Å². The number of likely N-dealkylation sites (tertiary alicyclic amines) is 1. The van der Waals surface area contributed by atoms with Crippen LogP contribution in [0, 0.1) is 5.92 Å². The molecule has 2 atom stereocenters. The molecule has 0 radical (unpaired) electrons. The second-order valence-corrected chi connectivity index (χ2v) is 7.12. The van der Waals surface area contributed by atoms with Crippen LogP contribution in [0.3, 0.4) is 0 Å². The number of hydrogen-bond donors (Lipinski definition) is 1. The van der Waals surface area contributed by atoms with Crippen molar-refractivity contribution in [1.82, 2.24) is 10.2 Å². The van der Waals surface area contributed by atoms with Crippen LogP contribution in [0.25, 0.3) is 0 Å². The van der Waals surface area contributed by atoms with Crippen LogP contribution in [-0.4, -0.2) is 30.4 Å². The fraction of sp³-hybridized carbons (Fsp3) is 0.409. The minimum absolute atomic E-state index is 0.148. The molecule has 0 aliphatic carbocycles. The van der Waals surface area contributed by atoms with E-state index >= 15 is 0 Å². The van der Waals surface area contributed by atoms with E-state index in [9.17, 15) is 4.79 Å². The minimum Gasteiger partial charge on any atom is -0.341 e. The number of benzene rings is 2. The van der Waals surface area contributed by atoms with Crippen molar-refractivity contribution in [3.63, 3.8) is 0 Å². The number of carbonyl (C=O) groups is 1. The van der Waals surface area contributed by atoms with E-state index in [0.717, 1.165) is 25.9 Å². The fourth-order valence-corrected chi connectivity index (χ4v) is 3.58. The third-order valence-corrected chi connectivity index (χ3v) is 4.99. The summed E-state index contributed by atoms with van der Waals surface area (Å²) in [4.78, 5) is 14.6. The number of rotatable bonds is 6. The Labute approximate surface area is 151 Å². The average molecular weight is 336 g/mol. The standard InChI is InChI=1S/C22H28N2O/c1-18-9-8-14-24(17-18)22(25)16-23-21(20-12-6-3-7-13-20)15-19-10-4-2-5-11-19/h2-7,10-13,18,21,23H,8-9,14-17H2,1H3. The quantitative estimate of drug-likeness (QED) is 0.870. The van der Waals surface area contributed by atoms with Gasteiger partial charge in [0.15, 0.2) is 0 Å². The molecule has 3 heteroatoms. The van der Waals surface area contributed by atoms with Crippen molar-refractivity contribution in [1.29, 1.82) is 0 Å². The predicted octanol–water partition coefficient (Wildman–Crippen LogP) is 3.82. The highest BCUT2D eigenvalue weighted by atomic mass is 16.2. The Kier molecular flexibility index (Phi) is 6.24. The van der Waals surface area contributed by atoms with Gasteiger partial charge >= 0.3 is 0 Å². The normalized spacial score (nSPS) is 18.8. The van der Waals surface area contributed by atoms with E-state index in [-0.39, 0.29) is 11.9 Å². The molecular weight excluding hydrogens is 308 g/mol. The third-order valence-electron chi connectivity index (χ3n) is 4.99. The molecule has 1 amide bonds. The first kappa shape index (κ1) is 17.7. The SMILES string of the molecule is CC1CCCN(C(=O)CNC(Cc2ccccc2)c2ccccc2)C1. The summed E-state index contributed by atoms with van der Waals surface area (Å²) in [5, 5.41) is 3.51. The van der Waals surface area contributed by atoms with Crippen LogP contribution in [0.15, 0.2) is 60.7 Å². The van der Waals surface area contributed by atoms with E-state index < -0.39 is 0 Å². The van der Waals surface area contributed by atoms with Gasteiger partial charge < -0.3 is 10.2 Å². The number of carbonyl (C=O) groups excluding carboxylic acids is 1. The first-order valence-corrected chi connectivity index (χ1v) is 9.32. The average Bonchev–Trinajstić information content (AvgIpc) is 2.66. The van der Waals surface area contributed by atoms with Gasteiger partial charge in [-0.3, -0.25) is 4.79 Å². The largest absolute Gasteiger partial charge is 0.341 e. The Balaban J connectivity index is 1.64. The summed E-state index contributed by atoms with van der Waals surface area (Å²) in [7, 11) is 0. The van der Waals surface area contributed by atoms with Gasteiger partial charge in [0.05, 0.1) is 6.54 Å². The van der Waals surface area contributed by atoms with Crippen molar-refractivity contribution in [2.45, 2.75) is 32.2 Å². The lowest BCUT2D eigenvalue weighted by atomic mass is 9.98. The Morgan fingerprint density at radius 1 is 1.12 bits per heavy atom. The highest BCUT2D eigenvalue weighted by Gasteiger charge is 2.21. The summed E-state index contributed by atoms with van der Waals surface area (Å²) in [6.07, 6.45) is 3.24. The molecule has 0 bridgehead atoms. The summed E-state index contributed by atoms with van der Waals surface area (Å²) >= 11 is 0. The zero-order chi connectivity index (χ0) is 17.5. The maximum Gasteiger partial charge on any atom is 0.236 e. The molecule has 3 nitrogen and oxygen atoms in total. The summed E-state index contributed by atoms with van der Waals surface area (Å²) in [5.74, 6) is 0.840. The fourth-order valence-electron chi connectivity index (χ4n) is 3.58. The lowest BCUT2D eigenvalue weighted by Gasteiger charge is -2.31. The molecule has 1 saturated heterocycles. The van der Waals surface area contributed by atoms with E-state index in [2.05, 4.69) is 60.8 Å². The van der Waals surface area contributed by atoms with Gasteiger partial charge in [-0.2, -0.15) is 0 Å². The van der Waals surface area contributed by atoms with E-state index in [0.29, 0.717) is 12.5 Å². The monoisotopic (exact) mass is 336 g/mol. The van der Waals surface area contributed by atoms with Gasteiger partial charge in [-0.25, -0.2) is 0 Å². The van der Waals surface area contributed by atoms with Crippen molar-refractivity contribution in [2.75, 3.05) is 19.6 Å². The summed E-state index contributed by atoms with van der Waals surface area (Å²) < 4.78 is 0. The first-order chi connectivity index (χ1) is 12.2. The summed E-state index contributed by atoms with van der Waals surface area (Å²) in [6.45, 7) is 4.43. The van der Waals surface area contributed by atoms with Crippen molar-refractivity contribution < 1.29 is 4.79 Å². The molecule has 1 fully saturated rings. The van der Waals surface area contributed by atoms with Crippen LogP contribution >= 0.6 is 0 Å². The van der Waals surface area contributed by atoms with Crippen LogP contribution in [-0.2, 0) is 11.2 Å². The van der Waals surface area contributed by atoms with Crippen LogP contribution in [0.2, 0.25) is 0 Å². The zero-order valence-corrected chi connectivity index (χ0v) is 15.0. The number of piperidine rings is 1.